The van der Waals surface area contributed by atoms with Crippen molar-refractivity contribution < 1.29 is 47.6 Å². The van der Waals surface area contributed by atoms with Crippen LogP contribution in [0.4, 0.5) is 11.4 Å². The molecule has 0 unspecified atom stereocenters. The van der Waals surface area contributed by atoms with Crippen molar-refractivity contribution in [2.45, 2.75) is 90.9 Å². The van der Waals surface area contributed by atoms with E-state index in [1.54, 1.807) is 60.7 Å². The van der Waals surface area contributed by atoms with E-state index in [0.717, 1.165) is 49.7 Å². The molecule has 6 aromatic rings. The van der Waals surface area contributed by atoms with Gasteiger partial charge in [0.2, 0.25) is 0 Å². The van der Waals surface area contributed by atoms with Crippen molar-refractivity contribution in [1.82, 2.24) is 0 Å². The number of carbonyl (C=O) groups excluding carboxylic acids is 4. The van der Waals surface area contributed by atoms with Gasteiger partial charge in [-0.2, -0.15) is 0 Å². The average Bonchev–Trinajstić information content (AvgIpc) is 3.42. The number of esters is 4. The lowest BCUT2D eigenvalue weighted by Gasteiger charge is -2.30. The Kier molecular flexibility index (Phi) is 22.6. The van der Waals surface area contributed by atoms with E-state index in [9.17, 15) is 19.2 Å². The topological polar surface area (TPSA) is 176 Å². The molecule has 0 aliphatic rings. The molecule has 75 heavy (non-hydrogen) atoms. The zero-order valence-electron chi connectivity index (χ0n) is 43.2. The van der Waals surface area contributed by atoms with E-state index in [4.69, 9.17) is 39.9 Å². The van der Waals surface area contributed by atoms with Crippen LogP contribution < -0.4 is 30.4 Å². The number of rotatable bonds is 30. The monoisotopic (exact) mass is 1010 g/mol. The van der Waals surface area contributed by atoms with Crippen LogP contribution >= 0.6 is 0 Å². The van der Waals surface area contributed by atoms with Crippen LogP contribution in [0.2, 0.25) is 0 Å². The van der Waals surface area contributed by atoms with E-state index >= 15 is 0 Å². The van der Waals surface area contributed by atoms with Crippen LogP contribution in [0.1, 0.15) is 98.6 Å². The smallest absolute Gasteiger partial charge is 0.336 e. The first-order valence-electron chi connectivity index (χ1n) is 26.0. The lowest BCUT2D eigenvalue weighted by Crippen LogP contribution is -2.46. The molecule has 0 atom stereocenters. The highest BCUT2D eigenvalue weighted by Gasteiger charge is 2.49. The zero-order valence-corrected chi connectivity index (χ0v) is 43.2. The van der Waals surface area contributed by atoms with Crippen LogP contribution in [0.15, 0.2) is 158 Å². The Morgan fingerprint density at radius 2 is 0.747 bits per heavy atom. The molecule has 0 radical (unpaired) electrons. The molecule has 6 rings (SSSR count). The fraction of sp³-hybridized carbons (Fsp3) is 0.302. The maximum atomic E-state index is 14.4. The number of hydrogen-bond donors (Lipinski definition) is 2. The fourth-order valence-corrected chi connectivity index (χ4v) is 7.99. The van der Waals surface area contributed by atoms with Crippen LogP contribution in [0.3, 0.4) is 0 Å². The van der Waals surface area contributed by atoms with Crippen molar-refractivity contribution in [1.29, 1.82) is 0 Å². The zero-order chi connectivity index (χ0) is 53.1. The van der Waals surface area contributed by atoms with Gasteiger partial charge in [0, 0.05) is 23.5 Å². The van der Waals surface area contributed by atoms with Crippen molar-refractivity contribution >= 4 is 47.4 Å². The van der Waals surface area contributed by atoms with E-state index in [1.807, 2.05) is 97.1 Å². The normalized spacial score (nSPS) is 11.3. The van der Waals surface area contributed by atoms with Crippen molar-refractivity contribution in [2.24, 2.45) is 5.41 Å². The molecule has 12 heteroatoms. The summed E-state index contributed by atoms with van der Waals surface area (Å²) in [5.74, 6) is -0.0227. The summed E-state index contributed by atoms with van der Waals surface area (Å²) in [5.41, 5.74) is 16.9. The average molecular weight is 1020 g/mol. The van der Waals surface area contributed by atoms with Gasteiger partial charge in [0.05, 0.1) is 26.4 Å². The van der Waals surface area contributed by atoms with Crippen LogP contribution in [-0.4, -0.2) is 50.3 Å². The molecule has 0 aromatic heterocycles. The number of anilines is 2. The third-order valence-electron chi connectivity index (χ3n) is 12.3. The molecule has 0 amide bonds. The molecule has 0 aliphatic carbocycles. The molecule has 0 fully saturated rings. The molecule has 12 nitrogen and oxygen atoms in total. The third-order valence-corrected chi connectivity index (χ3v) is 12.3. The SMILES string of the molecule is CCCCc1ccc(OC(=O)/C=C/c2ccc(OCCCCOC(=O)C(Cc3ccc(N)cc3)(Cc3ccc(N)cc3)C(=O)OCCCCOc3ccc(/C=C/C(=O)Oc4ccc(CCCC)cc4)cc3)cc2)cc1. The lowest BCUT2D eigenvalue weighted by atomic mass is 9.76. The van der Waals surface area contributed by atoms with Gasteiger partial charge in [0.15, 0.2) is 5.41 Å². The second-order valence-corrected chi connectivity index (χ2v) is 18.4. The molecule has 0 saturated carbocycles. The van der Waals surface area contributed by atoms with Crippen LogP contribution in [0, 0.1) is 5.41 Å². The minimum Gasteiger partial charge on any atom is -0.494 e. The summed E-state index contributed by atoms with van der Waals surface area (Å²) in [6.07, 6.45) is 14.8. The van der Waals surface area contributed by atoms with Crippen LogP contribution in [0.5, 0.6) is 23.0 Å². The van der Waals surface area contributed by atoms with Gasteiger partial charge in [-0.25, -0.2) is 9.59 Å². The molecular weight excluding hydrogens is 945 g/mol. The number of unbranched alkanes of at least 4 members (excludes halogenated alkanes) is 4. The van der Waals surface area contributed by atoms with Gasteiger partial charge >= 0.3 is 23.9 Å². The minimum absolute atomic E-state index is 0.0141. The summed E-state index contributed by atoms with van der Waals surface area (Å²) in [6.45, 7) is 5.14. The largest absolute Gasteiger partial charge is 0.494 e. The van der Waals surface area contributed by atoms with E-state index in [2.05, 4.69) is 13.8 Å². The molecule has 0 saturated heterocycles. The highest BCUT2D eigenvalue weighted by molar-refractivity contribution is 6.01. The van der Waals surface area contributed by atoms with E-state index in [-0.39, 0.29) is 26.1 Å². The fourth-order valence-electron chi connectivity index (χ4n) is 7.99. The Bertz CT molecular complexity index is 2560. The summed E-state index contributed by atoms with van der Waals surface area (Å²) in [4.78, 5) is 53.6. The van der Waals surface area contributed by atoms with E-state index in [1.165, 1.54) is 23.3 Å². The Morgan fingerprint density at radius 1 is 0.413 bits per heavy atom. The molecular formula is C63H70N2O10. The molecule has 0 spiro atoms. The molecule has 4 N–H and O–H groups in total. The highest BCUT2D eigenvalue weighted by Crippen LogP contribution is 2.33. The maximum absolute atomic E-state index is 14.4. The number of benzene rings is 6. The van der Waals surface area contributed by atoms with Gasteiger partial charge in [-0.3, -0.25) is 9.59 Å². The van der Waals surface area contributed by atoms with Crippen LogP contribution in [0.25, 0.3) is 12.2 Å². The summed E-state index contributed by atoms with van der Waals surface area (Å²) >= 11 is 0. The van der Waals surface area contributed by atoms with Gasteiger partial charge in [-0.1, -0.05) is 99.5 Å². The number of aryl methyl sites for hydroxylation is 2. The predicted octanol–water partition coefficient (Wildman–Crippen LogP) is 12.4. The first-order chi connectivity index (χ1) is 36.5. The van der Waals surface area contributed by atoms with Crippen molar-refractivity contribution in [3.05, 3.63) is 191 Å². The minimum atomic E-state index is -1.72. The third kappa shape index (κ3) is 19.3. The molecule has 0 aliphatic heterocycles. The van der Waals surface area contributed by atoms with Crippen molar-refractivity contribution in [3.8, 4) is 23.0 Å². The summed E-state index contributed by atoms with van der Waals surface area (Å²) in [7, 11) is 0. The molecule has 6 aromatic carbocycles. The van der Waals surface area contributed by atoms with Crippen molar-refractivity contribution in [2.75, 3.05) is 37.9 Å². The van der Waals surface area contributed by atoms with Gasteiger partial charge in [-0.15, -0.1) is 0 Å². The first-order valence-corrected chi connectivity index (χ1v) is 26.0. The Hall–Kier alpha value is -8.12. The predicted molar refractivity (Wildman–Crippen MR) is 295 cm³/mol. The first kappa shape index (κ1) is 56.2. The van der Waals surface area contributed by atoms with Gasteiger partial charge in [0.25, 0.3) is 0 Å². The molecule has 392 valence electrons. The molecule has 0 heterocycles. The van der Waals surface area contributed by atoms with E-state index < -0.39 is 29.3 Å². The van der Waals surface area contributed by atoms with Gasteiger partial charge in [0.1, 0.15) is 23.0 Å². The van der Waals surface area contributed by atoms with Crippen LogP contribution in [-0.2, 0) is 54.3 Å². The molecule has 0 bridgehead atoms. The second kappa shape index (κ2) is 30.2. The number of carbonyl (C=O) groups is 4. The standard InChI is InChI=1S/C63H70N2O10/c1-3-5-11-47-21-35-57(36-22-47)74-59(66)39-25-49-17-31-55(32-18-49)70-41-7-9-43-72-61(68)63(45-51-13-27-53(64)28-14-51,46-52-15-29-54(65)30-16-52)62(69)73-44-10-8-42-71-56-33-19-50(20-34-56)26-40-60(67)75-58-37-23-48(24-38-58)12-6-4-2/h13-40H,3-12,41-46,64-65H2,1-2H3/b39-25+,40-26+. The Balaban J connectivity index is 0.968. The second-order valence-electron chi connectivity index (χ2n) is 18.4. The highest BCUT2D eigenvalue weighted by atomic mass is 16.6. The van der Waals surface area contributed by atoms with Gasteiger partial charge in [-0.05, 0) is 183 Å². The Labute approximate surface area is 441 Å². The summed E-state index contributed by atoms with van der Waals surface area (Å²) < 4.78 is 34.7. The van der Waals surface area contributed by atoms with E-state index in [0.29, 0.717) is 84.4 Å². The summed E-state index contributed by atoms with van der Waals surface area (Å²) in [6, 6.07) is 43.9. The quantitative estimate of drug-likeness (QED) is 0.0109. The number of hydrogen-bond acceptors (Lipinski definition) is 12. The maximum Gasteiger partial charge on any atom is 0.336 e. The number of nitrogens with two attached hydrogens (primary N) is 2. The number of ether oxygens (including phenoxy) is 6. The summed E-state index contributed by atoms with van der Waals surface area (Å²) in [5, 5.41) is 0. The number of nitrogen functional groups attached to an aromatic ring is 2. The lowest BCUT2D eigenvalue weighted by molar-refractivity contribution is -0.173. The Morgan fingerprint density at radius 3 is 1.11 bits per heavy atom. The van der Waals surface area contributed by atoms with Crippen molar-refractivity contribution in [3.63, 3.8) is 0 Å². The van der Waals surface area contributed by atoms with Gasteiger partial charge < -0.3 is 39.9 Å².